The highest BCUT2D eigenvalue weighted by Gasteiger charge is 2.30. The van der Waals surface area contributed by atoms with Crippen molar-refractivity contribution >= 4 is 35.3 Å². The van der Waals surface area contributed by atoms with Gasteiger partial charge in [-0.15, -0.1) is 0 Å². The van der Waals surface area contributed by atoms with Crippen molar-refractivity contribution < 1.29 is 0 Å². The fourth-order valence-corrected chi connectivity index (χ4v) is 7.90. The molecule has 0 amide bonds. The summed E-state index contributed by atoms with van der Waals surface area (Å²) in [5.41, 5.74) is 0.312. The lowest BCUT2D eigenvalue weighted by Crippen LogP contribution is -2.14. The molecule has 0 fully saturated rings. The average molecular weight is 403 g/mol. The smallest absolute Gasteiger partial charge is 0.0227 e. The van der Waals surface area contributed by atoms with Crippen molar-refractivity contribution in [2.45, 2.75) is 55.4 Å². The normalized spacial score (nSPS) is 26.8. The molecule has 0 atom stereocenters. The van der Waals surface area contributed by atoms with Gasteiger partial charge in [0.05, 0.1) is 0 Å². The van der Waals surface area contributed by atoms with Gasteiger partial charge in [-0.25, -0.2) is 0 Å². The molecular formula is C23H30S3. The summed E-state index contributed by atoms with van der Waals surface area (Å²) >= 11 is 5.77. The molecule has 3 rings (SSSR count). The summed E-state index contributed by atoms with van der Waals surface area (Å²) in [6, 6.07) is 0. The van der Waals surface area contributed by atoms with Gasteiger partial charge in [0.15, 0.2) is 0 Å². The molecule has 26 heavy (non-hydrogen) atoms. The Labute approximate surface area is 172 Å². The lowest BCUT2D eigenvalue weighted by molar-refractivity contribution is 0.612. The summed E-state index contributed by atoms with van der Waals surface area (Å²) in [5.74, 6) is 0. The minimum atomic E-state index is 0.0666. The molecule has 0 nitrogen and oxygen atoms in total. The van der Waals surface area contributed by atoms with Crippen LogP contribution in [0.2, 0.25) is 0 Å². The maximum atomic E-state index is 2.44. The largest absolute Gasteiger partial charge is 0.0943 e. The molecule has 0 aromatic carbocycles. The second kappa shape index (κ2) is 6.83. The van der Waals surface area contributed by atoms with Gasteiger partial charge in [-0.3, -0.25) is 0 Å². The van der Waals surface area contributed by atoms with Crippen LogP contribution in [0.5, 0.6) is 0 Å². The van der Waals surface area contributed by atoms with Gasteiger partial charge < -0.3 is 0 Å². The van der Waals surface area contributed by atoms with Crippen LogP contribution in [0.1, 0.15) is 55.4 Å². The maximum Gasteiger partial charge on any atom is 0.0227 e. The molecule has 0 radical (unpaired) electrons. The second-order valence-corrected chi connectivity index (χ2v) is 13.0. The fourth-order valence-electron chi connectivity index (χ4n) is 3.65. The van der Waals surface area contributed by atoms with Crippen molar-refractivity contribution in [1.82, 2.24) is 0 Å². The number of thioether (sulfide) groups is 3. The van der Waals surface area contributed by atoms with Crippen LogP contribution in [0, 0.1) is 16.2 Å². The molecule has 140 valence electrons. The van der Waals surface area contributed by atoms with Crippen molar-refractivity contribution in [2.75, 3.05) is 0 Å². The summed E-state index contributed by atoms with van der Waals surface area (Å²) in [5, 5.41) is 0. The van der Waals surface area contributed by atoms with E-state index in [9.17, 15) is 0 Å². The van der Waals surface area contributed by atoms with E-state index in [1.807, 2.05) is 35.3 Å². The Bertz CT molecular complexity index is 742. The van der Waals surface area contributed by atoms with Gasteiger partial charge in [-0.05, 0) is 23.7 Å². The van der Waals surface area contributed by atoms with Gasteiger partial charge in [0.25, 0.3) is 0 Å². The van der Waals surface area contributed by atoms with Gasteiger partial charge in [0.2, 0.25) is 0 Å². The van der Waals surface area contributed by atoms with Gasteiger partial charge in [-0.1, -0.05) is 113 Å². The lowest BCUT2D eigenvalue weighted by Gasteiger charge is -2.32. The fraction of sp³-hybridized carbons (Fsp3) is 0.478. The van der Waals surface area contributed by atoms with Crippen LogP contribution in [0.3, 0.4) is 0 Å². The van der Waals surface area contributed by atoms with Crippen molar-refractivity contribution in [3.63, 3.8) is 0 Å². The molecule has 3 heterocycles. The monoisotopic (exact) mass is 402 g/mol. The summed E-state index contributed by atoms with van der Waals surface area (Å²) in [7, 11) is 0. The van der Waals surface area contributed by atoms with Crippen LogP contribution in [0.25, 0.3) is 0 Å². The van der Waals surface area contributed by atoms with E-state index in [0.29, 0.717) is 0 Å². The van der Waals surface area contributed by atoms with Crippen LogP contribution in [0.4, 0.5) is 0 Å². The quantitative estimate of drug-likeness (QED) is 0.453. The van der Waals surface area contributed by atoms with E-state index in [1.54, 1.807) is 0 Å². The van der Waals surface area contributed by atoms with E-state index < -0.39 is 0 Å². The molecule has 0 saturated heterocycles. The molecule has 0 spiro atoms. The second-order valence-electron chi connectivity index (χ2n) is 9.31. The third-order valence-electron chi connectivity index (χ3n) is 4.41. The SMILES string of the molecule is CC1=CC(C)(C)C=C(C2=CC(C)(C)C=C(C3=CC(C)(C)C=C(C)S3)S2)S1. The van der Waals surface area contributed by atoms with Crippen molar-refractivity contribution in [2.24, 2.45) is 16.2 Å². The van der Waals surface area contributed by atoms with Crippen LogP contribution in [-0.4, -0.2) is 0 Å². The standard InChI is InChI=1S/C23H30S3/c1-15-9-21(3,4)11-17(24-15)19-13-23(7,8)14-20(26-19)18-12-22(5,6)10-16(2)25-18/h9-14H,1-8H3. The number of hydrogen-bond acceptors (Lipinski definition) is 3. The third kappa shape index (κ3) is 4.85. The lowest BCUT2D eigenvalue weighted by atomic mass is 9.89. The highest BCUT2D eigenvalue weighted by Crippen LogP contribution is 2.54. The summed E-state index contributed by atoms with van der Waals surface area (Å²) in [4.78, 5) is 8.43. The van der Waals surface area contributed by atoms with Crippen molar-refractivity contribution in [3.8, 4) is 0 Å². The van der Waals surface area contributed by atoms with E-state index in [0.717, 1.165) is 0 Å². The van der Waals surface area contributed by atoms with Gasteiger partial charge in [-0.2, -0.15) is 0 Å². The zero-order valence-electron chi connectivity index (χ0n) is 17.2. The van der Waals surface area contributed by atoms with Crippen LogP contribution in [0.15, 0.2) is 65.9 Å². The molecule has 0 unspecified atom stereocenters. The Kier molecular flexibility index (Phi) is 5.31. The van der Waals surface area contributed by atoms with E-state index in [-0.39, 0.29) is 16.2 Å². The van der Waals surface area contributed by atoms with E-state index in [1.165, 1.54) is 29.4 Å². The van der Waals surface area contributed by atoms with Crippen LogP contribution in [-0.2, 0) is 0 Å². The molecule has 0 aromatic rings. The highest BCUT2D eigenvalue weighted by atomic mass is 32.2. The topological polar surface area (TPSA) is 0 Å². The van der Waals surface area contributed by atoms with Crippen molar-refractivity contribution in [1.29, 1.82) is 0 Å². The first-order valence-corrected chi connectivity index (χ1v) is 11.6. The molecule has 3 heteroatoms. The minimum absolute atomic E-state index is 0.0666. The van der Waals surface area contributed by atoms with Gasteiger partial charge in [0, 0.05) is 35.9 Å². The van der Waals surface area contributed by atoms with Crippen LogP contribution >= 0.6 is 35.3 Å². The third-order valence-corrected chi connectivity index (χ3v) is 7.78. The first-order valence-electron chi connectivity index (χ1n) is 9.19. The Morgan fingerprint density at radius 2 is 0.731 bits per heavy atom. The summed E-state index contributed by atoms with van der Waals surface area (Å²) in [6.45, 7) is 18.3. The molecule has 0 aliphatic carbocycles. The molecule has 0 bridgehead atoms. The zero-order valence-corrected chi connectivity index (χ0v) is 19.6. The minimum Gasteiger partial charge on any atom is -0.0943 e. The maximum absolute atomic E-state index is 2.44. The molecule has 0 N–H and O–H groups in total. The zero-order chi connectivity index (χ0) is 19.3. The Morgan fingerprint density at radius 3 is 1.04 bits per heavy atom. The first-order chi connectivity index (χ1) is 11.8. The number of hydrogen-bond donors (Lipinski definition) is 0. The molecule has 3 aliphatic rings. The van der Waals surface area contributed by atoms with E-state index in [4.69, 9.17) is 0 Å². The predicted octanol–water partition coefficient (Wildman–Crippen LogP) is 8.65. The average Bonchev–Trinajstić information content (AvgIpc) is 2.41. The predicted molar refractivity (Wildman–Crippen MR) is 124 cm³/mol. The van der Waals surface area contributed by atoms with E-state index >= 15 is 0 Å². The highest BCUT2D eigenvalue weighted by molar-refractivity contribution is 8.14. The van der Waals surface area contributed by atoms with Crippen LogP contribution < -0.4 is 0 Å². The van der Waals surface area contributed by atoms with Gasteiger partial charge >= 0.3 is 0 Å². The summed E-state index contributed by atoms with van der Waals surface area (Å²) in [6.07, 6.45) is 14.5. The Morgan fingerprint density at radius 1 is 0.462 bits per heavy atom. The number of allylic oxidation sites excluding steroid dienone is 8. The van der Waals surface area contributed by atoms with Gasteiger partial charge in [0.1, 0.15) is 0 Å². The van der Waals surface area contributed by atoms with E-state index in [2.05, 4.69) is 91.8 Å². The Balaban J connectivity index is 1.95. The van der Waals surface area contributed by atoms with Crippen molar-refractivity contribution in [3.05, 3.63) is 65.9 Å². The molecule has 3 aliphatic heterocycles. The first kappa shape index (κ1) is 20.2. The molecule has 0 saturated carbocycles. The molecular weight excluding hydrogens is 372 g/mol. The Hall–Kier alpha value is -0.510. The molecule has 0 aromatic heterocycles. The summed E-state index contributed by atoms with van der Waals surface area (Å²) < 4.78 is 0. The number of rotatable bonds is 2.